The lowest BCUT2D eigenvalue weighted by Gasteiger charge is -2.23. The van der Waals surface area contributed by atoms with Crippen molar-refractivity contribution in [3.63, 3.8) is 0 Å². The Morgan fingerprint density at radius 2 is 2.31 bits per heavy atom. The van der Waals surface area contributed by atoms with E-state index >= 15 is 0 Å². The van der Waals surface area contributed by atoms with Gasteiger partial charge in [-0.15, -0.1) is 11.3 Å². The van der Waals surface area contributed by atoms with Crippen molar-refractivity contribution in [2.75, 3.05) is 19.6 Å². The molecule has 2 heterocycles. The van der Waals surface area contributed by atoms with Gasteiger partial charge in [0.15, 0.2) is 0 Å². The summed E-state index contributed by atoms with van der Waals surface area (Å²) in [4.78, 5) is 8.70. The molecule has 0 aromatic carbocycles. The van der Waals surface area contributed by atoms with Crippen molar-refractivity contribution in [2.24, 2.45) is 0 Å². The van der Waals surface area contributed by atoms with Gasteiger partial charge in [0.2, 0.25) is 0 Å². The van der Waals surface area contributed by atoms with E-state index in [1.54, 1.807) is 0 Å². The Kier molecular flexibility index (Phi) is 4.32. The van der Waals surface area contributed by atoms with E-state index in [0.717, 1.165) is 32.6 Å². The van der Waals surface area contributed by atoms with Gasteiger partial charge in [-0.3, -0.25) is 4.90 Å². The van der Waals surface area contributed by atoms with Gasteiger partial charge in [-0.25, -0.2) is 4.98 Å². The molecular weight excluding hydrogens is 218 g/mol. The Morgan fingerprint density at radius 3 is 3.06 bits per heavy atom. The number of aromatic nitrogens is 1. The number of thiazole rings is 1. The van der Waals surface area contributed by atoms with Crippen molar-refractivity contribution in [1.82, 2.24) is 15.2 Å². The monoisotopic (exact) mass is 239 g/mol. The zero-order chi connectivity index (χ0) is 11.4. The highest BCUT2D eigenvalue weighted by molar-refractivity contribution is 7.11. The molecule has 0 fully saturated rings. The Morgan fingerprint density at radius 1 is 1.44 bits per heavy atom. The minimum atomic E-state index is 0.942. The maximum Gasteiger partial charge on any atom is 0.107 e. The molecule has 0 bridgehead atoms. The summed E-state index contributed by atoms with van der Waals surface area (Å²) in [5, 5.41) is 4.68. The summed E-state index contributed by atoms with van der Waals surface area (Å²) in [6.07, 6.45) is 2.32. The van der Waals surface area contributed by atoms with Crippen LogP contribution in [-0.4, -0.2) is 29.5 Å². The average molecular weight is 239 g/mol. The van der Waals surface area contributed by atoms with Crippen LogP contribution in [0.4, 0.5) is 0 Å². The summed E-state index contributed by atoms with van der Waals surface area (Å²) >= 11 is 1.89. The smallest absolute Gasteiger partial charge is 0.107 e. The molecule has 4 heteroatoms. The Labute approximate surface area is 102 Å². The zero-order valence-corrected chi connectivity index (χ0v) is 11.1. The first-order chi connectivity index (χ1) is 7.83. The van der Waals surface area contributed by atoms with Gasteiger partial charge in [0, 0.05) is 30.9 Å². The molecule has 90 valence electrons. The topological polar surface area (TPSA) is 28.2 Å². The number of nitrogens with one attached hydrogen (secondary N) is 1. The number of fused-ring (bicyclic) bond motifs is 1. The maximum absolute atomic E-state index is 4.72. The molecule has 0 radical (unpaired) electrons. The number of hydrogen-bond donors (Lipinski definition) is 1. The maximum atomic E-state index is 4.72. The Balaban J connectivity index is 1.95. The molecule has 0 amide bonds. The van der Waals surface area contributed by atoms with E-state index < -0.39 is 0 Å². The lowest BCUT2D eigenvalue weighted by molar-refractivity contribution is 0.269. The van der Waals surface area contributed by atoms with Crippen molar-refractivity contribution in [3.05, 3.63) is 15.6 Å². The highest BCUT2D eigenvalue weighted by Crippen LogP contribution is 2.24. The van der Waals surface area contributed by atoms with Crippen LogP contribution in [0.25, 0.3) is 0 Å². The first-order valence-electron chi connectivity index (χ1n) is 6.24. The number of likely N-dealkylation sites (N-methyl/N-ethyl adjacent to an activating group) is 1. The molecule has 1 aliphatic heterocycles. The van der Waals surface area contributed by atoms with Crippen molar-refractivity contribution < 1.29 is 0 Å². The molecule has 16 heavy (non-hydrogen) atoms. The summed E-state index contributed by atoms with van der Waals surface area (Å²) in [6, 6.07) is 0. The molecule has 0 aliphatic carbocycles. The Bertz CT molecular complexity index is 335. The summed E-state index contributed by atoms with van der Waals surface area (Å²) < 4.78 is 0. The van der Waals surface area contributed by atoms with E-state index in [9.17, 15) is 0 Å². The molecule has 1 aromatic heterocycles. The van der Waals surface area contributed by atoms with Gasteiger partial charge in [0.05, 0.1) is 5.69 Å². The van der Waals surface area contributed by atoms with E-state index in [0.29, 0.717) is 0 Å². The molecule has 0 spiro atoms. The van der Waals surface area contributed by atoms with Crippen molar-refractivity contribution in [3.8, 4) is 0 Å². The predicted molar refractivity (Wildman–Crippen MR) is 68.8 cm³/mol. The Hall–Kier alpha value is -0.450. The van der Waals surface area contributed by atoms with Crippen LogP contribution in [0.5, 0.6) is 0 Å². The lowest BCUT2D eigenvalue weighted by atomic mass is 10.2. The fourth-order valence-corrected chi connectivity index (χ4v) is 3.15. The van der Waals surface area contributed by atoms with Crippen LogP contribution in [0.2, 0.25) is 0 Å². The normalized spacial score (nSPS) is 16.4. The molecule has 3 nitrogen and oxygen atoms in total. The fraction of sp³-hybridized carbons (Fsp3) is 0.750. The molecule has 0 unspecified atom stereocenters. The summed E-state index contributed by atoms with van der Waals surface area (Å²) in [6.45, 7) is 9.89. The number of nitrogens with zero attached hydrogens (tertiary/aromatic N) is 2. The highest BCUT2D eigenvalue weighted by Gasteiger charge is 2.19. The van der Waals surface area contributed by atoms with Crippen LogP contribution in [0.3, 0.4) is 0 Å². The summed E-state index contributed by atoms with van der Waals surface area (Å²) in [5.41, 5.74) is 1.35. The lowest BCUT2D eigenvalue weighted by Crippen LogP contribution is -2.29. The van der Waals surface area contributed by atoms with Gasteiger partial charge in [-0.1, -0.05) is 13.8 Å². The predicted octanol–water partition coefficient (Wildman–Crippen LogP) is 2.02. The standard InChI is InChI=1S/C12H21N3S/c1-3-6-13-8-12-14-10-5-7-15(4-2)9-11(10)16-12/h13H,3-9H2,1-2H3. The quantitative estimate of drug-likeness (QED) is 0.797. The molecule has 0 saturated heterocycles. The first-order valence-corrected chi connectivity index (χ1v) is 7.05. The summed E-state index contributed by atoms with van der Waals surface area (Å²) in [5.74, 6) is 0. The molecule has 0 saturated carbocycles. The second-order valence-electron chi connectivity index (χ2n) is 4.27. The van der Waals surface area contributed by atoms with Crippen LogP contribution >= 0.6 is 11.3 Å². The fourth-order valence-electron chi connectivity index (χ4n) is 2.02. The van der Waals surface area contributed by atoms with Gasteiger partial charge < -0.3 is 5.32 Å². The van der Waals surface area contributed by atoms with E-state index in [4.69, 9.17) is 4.98 Å². The molecule has 0 atom stereocenters. The van der Waals surface area contributed by atoms with Crippen molar-refractivity contribution in [1.29, 1.82) is 0 Å². The van der Waals surface area contributed by atoms with Crippen LogP contribution < -0.4 is 5.32 Å². The number of rotatable bonds is 5. The largest absolute Gasteiger partial charge is 0.310 e. The minimum absolute atomic E-state index is 0.942. The molecule has 1 N–H and O–H groups in total. The second-order valence-corrected chi connectivity index (χ2v) is 5.44. The molecule has 1 aliphatic rings. The van der Waals surface area contributed by atoms with Crippen LogP contribution in [0.1, 0.15) is 35.8 Å². The van der Waals surface area contributed by atoms with Gasteiger partial charge in [0.25, 0.3) is 0 Å². The van der Waals surface area contributed by atoms with Gasteiger partial charge in [-0.2, -0.15) is 0 Å². The minimum Gasteiger partial charge on any atom is -0.310 e. The van der Waals surface area contributed by atoms with E-state index in [-0.39, 0.29) is 0 Å². The second kappa shape index (κ2) is 5.75. The zero-order valence-electron chi connectivity index (χ0n) is 10.3. The van der Waals surface area contributed by atoms with Gasteiger partial charge in [0.1, 0.15) is 5.01 Å². The summed E-state index contributed by atoms with van der Waals surface area (Å²) in [7, 11) is 0. The molecule has 2 rings (SSSR count). The third-order valence-electron chi connectivity index (χ3n) is 3.00. The van der Waals surface area contributed by atoms with Gasteiger partial charge in [-0.05, 0) is 19.5 Å². The van der Waals surface area contributed by atoms with E-state index in [2.05, 4.69) is 24.1 Å². The molecule has 1 aromatic rings. The van der Waals surface area contributed by atoms with Crippen LogP contribution in [-0.2, 0) is 19.5 Å². The van der Waals surface area contributed by atoms with Crippen molar-refractivity contribution in [2.45, 2.75) is 39.8 Å². The number of hydrogen-bond acceptors (Lipinski definition) is 4. The first kappa shape index (κ1) is 12.0. The molecular formula is C12H21N3S. The van der Waals surface area contributed by atoms with E-state index in [1.807, 2.05) is 11.3 Å². The van der Waals surface area contributed by atoms with Crippen molar-refractivity contribution >= 4 is 11.3 Å². The highest BCUT2D eigenvalue weighted by atomic mass is 32.1. The van der Waals surface area contributed by atoms with Crippen LogP contribution in [0, 0.1) is 0 Å². The average Bonchev–Trinajstić information content (AvgIpc) is 2.70. The van der Waals surface area contributed by atoms with Gasteiger partial charge >= 0.3 is 0 Å². The van der Waals surface area contributed by atoms with Crippen LogP contribution in [0.15, 0.2) is 0 Å². The van der Waals surface area contributed by atoms with E-state index in [1.165, 1.54) is 28.5 Å². The third-order valence-corrected chi connectivity index (χ3v) is 4.09. The SMILES string of the molecule is CCCNCc1nc2c(s1)CN(CC)CC2. The third kappa shape index (κ3) is 2.81.